The first-order valence-corrected chi connectivity index (χ1v) is 5.05. The van der Waals surface area contributed by atoms with Crippen LogP contribution in [-0.4, -0.2) is 13.1 Å². The second-order valence-electron chi connectivity index (χ2n) is 2.91. The zero-order valence-corrected chi connectivity index (χ0v) is 8.45. The van der Waals surface area contributed by atoms with Crippen LogP contribution in [0.15, 0.2) is 12.1 Å². The third-order valence-corrected chi connectivity index (χ3v) is 2.97. The summed E-state index contributed by atoms with van der Waals surface area (Å²) in [6.45, 7) is 5.89. The van der Waals surface area contributed by atoms with Crippen molar-refractivity contribution in [3.8, 4) is 0 Å². The van der Waals surface area contributed by atoms with Crippen molar-refractivity contribution in [2.45, 2.75) is 19.9 Å². The Morgan fingerprint density at radius 3 is 2.83 bits per heavy atom. The van der Waals surface area contributed by atoms with Gasteiger partial charge in [0.05, 0.1) is 0 Å². The van der Waals surface area contributed by atoms with Crippen LogP contribution >= 0.6 is 11.3 Å². The number of nitrogens with one attached hydrogen (secondary N) is 1. The standard InChI is InChI=1S/C9H16N2S/c1-7-3-4-9(12-7)8(2)11-6-5-10/h3-4,8,11H,5-6,10H2,1-2H3. The number of thiophene rings is 1. The molecule has 12 heavy (non-hydrogen) atoms. The second-order valence-corrected chi connectivity index (χ2v) is 4.23. The van der Waals surface area contributed by atoms with Crippen molar-refractivity contribution in [2.24, 2.45) is 5.73 Å². The molecule has 0 amide bonds. The molecule has 0 aliphatic carbocycles. The normalized spacial score (nSPS) is 13.2. The Balaban J connectivity index is 2.47. The molecule has 0 aliphatic heterocycles. The van der Waals surface area contributed by atoms with Gasteiger partial charge in [-0.2, -0.15) is 0 Å². The van der Waals surface area contributed by atoms with Crippen LogP contribution in [0.5, 0.6) is 0 Å². The lowest BCUT2D eigenvalue weighted by molar-refractivity contribution is 0.590. The molecule has 1 aromatic heterocycles. The third-order valence-electron chi connectivity index (χ3n) is 1.78. The molecule has 1 aromatic rings. The van der Waals surface area contributed by atoms with Gasteiger partial charge in [0, 0.05) is 28.9 Å². The number of nitrogens with two attached hydrogens (primary N) is 1. The first-order chi connectivity index (χ1) is 5.74. The number of aryl methyl sites for hydroxylation is 1. The molecule has 0 aliphatic rings. The topological polar surface area (TPSA) is 38.0 Å². The first-order valence-electron chi connectivity index (χ1n) is 4.24. The van der Waals surface area contributed by atoms with Crippen molar-refractivity contribution in [1.82, 2.24) is 5.32 Å². The molecule has 0 fully saturated rings. The fraction of sp³-hybridized carbons (Fsp3) is 0.556. The van der Waals surface area contributed by atoms with Crippen LogP contribution in [-0.2, 0) is 0 Å². The zero-order valence-electron chi connectivity index (χ0n) is 7.63. The lowest BCUT2D eigenvalue weighted by atomic mass is 10.3. The van der Waals surface area contributed by atoms with Crippen molar-refractivity contribution >= 4 is 11.3 Å². The van der Waals surface area contributed by atoms with Crippen LogP contribution in [0.3, 0.4) is 0 Å². The van der Waals surface area contributed by atoms with E-state index in [0.717, 1.165) is 6.54 Å². The molecule has 1 heterocycles. The predicted octanol–water partition coefficient (Wildman–Crippen LogP) is 1.67. The highest BCUT2D eigenvalue weighted by Gasteiger charge is 2.05. The third kappa shape index (κ3) is 2.59. The van der Waals surface area contributed by atoms with Gasteiger partial charge in [-0.1, -0.05) is 0 Å². The van der Waals surface area contributed by atoms with Gasteiger partial charge in [-0.25, -0.2) is 0 Å². The van der Waals surface area contributed by atoms with E-state index in [0.29, 0.717) is 12.6 Å². The van der Waals surface area contributed by atoms with Crippen LogP contribution in [0.4, 0.5) is 0 Å². The van der Waals surface area contributed by atoms with Crippen molar-refractivity contribution < 1.29 is 0 Å². The van der Waals surface area contributed by atoms with Gasteiger partial charge in [-0.3, -0.25) is 0 Å². The maximum Gasteiger partial charge on any atom is 0.0386 e. The van der Waals surface area contributed by atoms with Gasteiger partial charge < -0.3 is 11.1 Å². The quantitative estimate of drug-likeness (QED) is 0.747. The van der Waals surface area contributed by atoms with Crippen molar-refractivity contribution in [3.05, 3.63) is 21.9 Å². The minimum absolute atomic E-state index is 0.437. The van der Waals surface area contributed by atoms with Gasteiger partial charge in [0.15, 0.2) is 0 Å². The summed E-state index contributed by atoms with van der Waals surface area (Å²) in [4.78, 5) is 2.76. The largest absolute Gasteiger partial charge is 0.329 e. The van der Waals surface area contributed by atoms with Crippen LogP contribution in [0.1, 0.15) is 22.7 Å². The van der Waals surface area contributed by atoms with E-state index in [2.05, 4.69) is 31.3 Å². The summed E-state index contributed by atoms with van der Waals surface area (Å²) in [6.07, 6.45) is 0. The van der Waals surface area contributed by atoms with E-state index in [9.17, 15) is 0 Å². The molecule has 0 radical (unpaired) electrons. The van der Waals surface area contributed by atoms with Crippen LogP contribution in [0.2, 0.25) is 0 Å². The smallest absolute Gasteiger partial charge is 0.0386 e. The molecule has 0 aromatic carbocycles. The fourth-order valence-corrected chi connectivity index (χ4v) is 1.99. The molecular formula is C9H16N2S. The average Bonchev–Trinajstić information content (AvgIpc) is 2.47. The highest BCUT2D eigenvalue weighted by Crippen LogP contribution is 2.21. The molecule has 0 spiro atoms. The Kier molecular flexibility index (Phi) is 3.72. The van der Waals surface area contributed by atoms with Crippen LogP contribution in [0.25, 0.3) is 0 Å². The molecule has 0 bridgehead atoms. The summed E-state index contributed by atoms with van der Waals surface area (Å²) < 4.78 is 0. The molecule has 2 nitrogen and oxygen atoms in total. The summed E-state index contributed by atoms with van der Waals surface area (Å²) >= 11 is 1.84. The van der Waals surface area contributed by atoms with Gasteiger partial charge in [-0.05, 0) is 26.0 Å². The van der Waals surface area contributed by atoms with E-state index >= 15 is 0 Å². The Labute approximate surface area is 77.8 Å². The first kappa shape index (κ1) is 9.71. The van der Waals surface area contributed by atoms with Crippen molar-refractivity contribution in [3.63, 3.8) is 0 Å². The van der Waals surface area contributed by atoms with E-state index in [-0.39, 0.29) is 0 Å². The Morgan fingerprint density at radius 1 is 1.58 bits per heavy atom. The average molecular weight is 184 g/mol. The monoisotopic (exact) mass is 184 g/mol. The van der Waals surface area contributed by atoms with Gasteiger partial charge >= 0.3 is 0 Å². The molecular weight excluding hydrogens is 168 g/mol. The number of hydrogen-bond donors (Lipinski definition) is 2. The fourth-order valence-electron chi connectivity index (χ4n) is 1.09. The van der Waals surface area contributed by atoms with E-state index in [4.69, 9.17) is 5.73 Å². The van der Waals surface area contributed by atoms with E-state index in [1.165, 1.54) is 9.75 Å². The summed E-state index contributed by atoms with van der Waals surface area (Å²) in [5, 5.41) is 3.35. The van der Waals surface area contributed by atoms with Gasteiger partial charge in [0.25, 0.3) is 0 Å². The van der Waals surface area contributed by atoms with Gasteiger partial charge in [-0.15, -0.1) is 11.3 Å². The highest BCUT2D eigenvalue weighted by molar-refractivity contribution is 7.12. The molecule has 3 heteroatoms. The Hall–Kier alpha value is -0.380. The molecule has 0 saturated carbocycles. The van der Waals surface area contributed by atoms with E-state index < -0.39 is 0 Å². The number of hydrogen-bond acceptors (Lipinski definition) is 3. The SMILES string of the molecule is Cc1ccc(C(C)NCCN)s1. The molecule has 1 atom stereocenters. The summed E-state index contributed by atoms with van der Waals surface area (Å²) in [5.41, 5.74) is 5.40. The summed E-state index contributed by atoms with van der Waals surface area (Å²) in [7, 11) is 0. The Bertz CT molecular complexity index is 232. The second kappa shape index (κ2) is 4.60. The molecule has 1 unspecified atom stereocenters. The van der Waals surface area contributed by atoms with Crippen molar-refractivity contribution in [1.29, 1.82) is 0 Å². The van der Waals surface area contributed by atoms with E-state index in [1.807, 2.05) is 11.3 Å². The van der Waals surface area contributed by atoms with Gasteiger partial charge in [0.1, 0.15) is 0 Å². The minimum Gasteiger partial charge on any atom is -0.329 e. The molecule has 68 valence electrons. The lowest BCUT2D eigenvalue weighted by Gasteiger charge is -2.10. The van der Waals surface area contributed by atoms with Crippen LogP contribution < -0.4 is 11.1 Å². The molecule has 1 rings (SSSR count). The minimum atomic E-state index is 0.437. The maximum absolute atomic E-state index is 5.40. The summed E-state index contributed by atoms with van der Waals surface area (Å²) in [6, 6.07) is 4.77. The molecule has 3 N–H and O–H groups in total. The molecule has 0 saturated heterocycles. The highest BCUT2D eigenvalue weighted by atomic mass is 32.1. The maximum atomic E-state index is 5.40. The van der Waals surface area contributed by atoms with E-state index in [1.54, 1.807) is 0 Å². The predicted molar refractivity (Wildman–Crippen MR) is 54.5 cm³/mol. The van der Waals surface area contributed by atoms with Crippen LogP contribution in [0, 0.1) is 6.92 Å². The Morgan fingerprint density at radius 2 is 2.33 bits per heavy atom. The lowest BCUT2D eigenvalue weighted by Crippen LogP contribution is -2.24. The zero-order chi connectivity index (χ0) is 8.97. The summed E-state index contributed by atoms with van der Waals surface area (Å²) in [5.74, 6) is 0. The van der Waals surface area contributed by atoms with Crippen molar-refractivity contribution in [2.75, 3.05) is 13.1 Å². The number of rotatable bonds is 4. The van der Waals surface area contributed by atoms with Gasteiger partial charge in [0.2, 0.25) is 0 Å².